The SMILES string of the molecule is O=C(C[C@H]1N(CC2CC2)[C@@]23CC[C@]1(O)[C@@H]1Oc4c(O)ccc5c4[C@@]12CCN(CC1CC1)[C@@H]3C5)NCc1ccccc1. The third-order valence-corrected chi connectivity index (χ3v) is 12.2. The fourth-order valence-corrected chi connectivity index (χ4v) is 10.2. The average molecular weight is 556 g/mol. The minimum Gasteiger partial charge on any atom is -0.504 e. The molecule has 2 aromatic carbocycles. The quantitative estimate of drug-likeness (QED) is 0.463. The van der Waals surface area contributed by atoms with Crippen molar-refractivity contribution in [3.63, 3.8) is 0 Å². The van der Waals surface area contributed by atoms with Crippen molar-refractivity contribution in [2.75, 3.05) is 19.6 Å². The normalized spacial score (nSPS) is 38.4. The van der Waals surface area contributed by atoms with Crippen molar-refractivity contribution in [2.24, 2.45) is 11.8 Å². The number of phenolic OH excluding ortho intramolecular Hbond substituents is 1. The van der Waals surface area contributed by atoms with E-state index in [-0.39, 0.29) is 35.1 Å². The summed E-state index contributed by atoms with van der Waals surface area (Å²) in [5.74, 6) is 2.21. The number of aromatic hydroxyl groups is 1. The monoisotopic (exact) mass is 555 g/mol. The second kappa shape index (κ2) is 8.48. The molecule has 3 saturated heterocycles. The van der Waals surface area contributed by atoms with Crippen molar-refractivity contribution in [2.45, 2.75) is 99.1 Å². The van der Waals surface area contributed by atoms with Crippen LogP contribution in [0.1, 0.15) is 68.1 Å². The van der Waals surface area contributed by atoms with Crippen LogP contribution in [0.3, 0.4) is 0 Å². The van der Waals surface area contributed by atoms with Crippen molar-refractivity contribution >= 4 is 5.91 Å². The van der Waals surface area contributed by atoms with Gasteiger partial charge in [-0.15, -0.1) is 0 Å². The van der Waals surface area contributed by atoms with E-state index in [1.54, 1.807) is 6.07 Å². The van der Waals surface area contributed by atoms with Crippen LogP contribution < -0.4 is 10.1 Å². The van der Waals surface area contributed by atoms with Crippen LogP contribution in [-0.4, -0.2) is 74.9 Å². The number of piperidine rings is 3. The maximum Gasteiger partial charge on any atom is 0.221 e. The van der Waals surface area contributed by atoms with E-state index in [1.165, 1.54) is 36.8 Å². The first-order valence-electron chi connectivity index (χ1n) is 16.0. The largest absolute Gasteiger partial charge is 0.504 e. The molecule has 2 aromatic rings. The molecular weight excluding hydrogens is 514 g/mol. The van der Waals surface area contributed by atoms with Crippen LogP contribution >= 0.6 is 0 Å². The van der Waals surface area contributed by atoms with Gasteiger partial charge in [0.25, 0.3) is 0 Å². The number of benzene rings is 2. The highest BCUT2D eigenvalue weighted by atomic mass is 16.5. The Bertz CT molecular complexity index is 1410. The molecular formula is C34H41N3O4. The Labute approximate surface area is 241 Å². The summed E-state index contributed by atoms with van der Waals surface area (Å²) in [5.41, 5.74) is 1.80. The van der Waals surface area contributed by atoms with Gasteiger partial charge in [-0.2, -0.15) is 0 Å². The molecule has 0 aromatic heterocycles. The van der Waals surface area contributed by atoms with E-state index < -0.39 is 11.7 Å². The molecule has 7 heteroatoms. The topological polar surface area (TPSA) is 85.3 Å². The summed E-state index contributed by atoms with van der Waals surface area (Å²) in [6.45, 7) is 3.58. The van der Waals surface area contributed by atoms with Gasteiger partial charge in [-0.05, 0) is 86.9 Å². The van der Waals surface area contributed by atoms with Gasteiger partial charge in [0.05, 0.1) is 17.0 Å². The van der Waals surface area contributed by atoms with Crippen LogP contribution in [0.2, 0.25) is 0 Å². The molecule has 6 fully saturated rings. The smallest absolute Gasteiger partial charge is 0.221 e. The number of aliphatic hydroxyl groups is 1. The minimum atomic E-state index is -1.16. The number of likely N-dealkylation sites (tertiary alicyclic amines) is 1. The van der Waals surface area contributed by atoms with Crippen LogP contribution in [-0.2, 0) is 23.2 Å². The molecule has 4 aliphatic heterocycles. The molecule has 4 heterocycles. The zero-order chi connectivity index (χ0) is 27.6. The first-order valence-corrected chi connectivity index (χ1v) is 16.0. The molecule has 3 saturated carbocycles. The molecule has 4 aliphatic carbocycles. The number of nitrogens with one attached hydrogen (secondary N) is 1. The molecule has 2 spiro atoms. The van der Waals surface area contributed by atoms with Gasteiger partial charge in [0.1, 0.15) is 11.7 Å². The highest BCUT2D eigenvalue weighted by Gasteiger charge is 2.82. The lowest BCUT2D eigenvalue weighted by Gasteiger charge is -2.77. The Morgan fingerprint density at radius 3 is 2.56 bits per heavy atom. The van der Waals surface area contributed by atoms with Gasteiger partial charge in [0, 0.05) is 37.7 Å². The van der Waals surface area contributed by atoms with Crippen LogP contribution in [0, 0.1) is 11.8 Å². The molecule has 1 amide bonds. The second-order valence-electron chi connectivity index (χ2n) is 14.3. The molecule has 10 rings (SSSR count). The molecule has 216 valence electrons. The lowest BCUT2D eigenvalue weighted by molar-refractivity contribution is -0.293. The number of phenols is 1. The van der Waals surface area contributed by atoms with E-state index in [0.29, 0.717) is 30.7 Å². The van der Waals surface area contributed by atoms with Gasteiger partial charge in [-0.3, -0.25) is 14.6 Å². The predicted octanol–water partition coefficient (Wildman–Crippen LogP) is 3.50. The van der Waals surface area contributed by atoms with E-state index in [9.17, 15) is 15.0 Å². The maximum absolute atomic E-state index is 13.6. The van der Waals surface area contributed by atoms with Gasteiger partial charge in [-0.25, -0.2) is 0 Å². The molecule has 0 radical (unpaired) electrons. The number of amides is 1. The number of hydrogen-bond acceptors (Lipinski definition) is 6. The fourth-order valence-electron chi connectivity index (χ4n) is 10.2. The van der Waals surface area contributed by atoms with Crippen molar-refractivity contribution in [3.05, 3.63) is 59.2 Å². The van der Waals surface area contributed by atoms with Crippen molar-refractivity contribution < 1.29 is 19.7 Å². The molecule has 4 bridgehead atoms. The summed E-state index contributed by atoms with van der Waals surface area (Å²) in [5, 5.41) is 27.1. The zero-order valence-electron chi connectivity index (χ0n) is 23.7. The third-order valence-electron chi connectivity index (χ3n) is 12.2. The Hall–Kier alpha value is -2.61. The van der Waals surface area contributed by atoms with Gasteiger partial charge >= 0.3 is 0 Å². The molecule has 7 nitrogen and oxygen atoms in total. The highest BCUT2D eigenvalue weighted by Crippen LogP contribution is 2.72. The second-order valence-corrected chi connectivity index (χ2v) is 14.3. The number of carbonyl (C=O) groups excluding carboxylic acids is 1. The van der Waals surface area contributed by atoms with Crippen LogP contribution in [0.25, 0.3) is 0 Å². The van der Waals surface area contributed by atoms with Crippen molar-refractivity contribution in [3.8, 4) is 11.5 Å². The number of hydrogen-bond donors (Lipinski definition) is 3. The van der Waals surface area contributed by atoms with Crippen LogP contribution in [0.5, 0.6) is 11.5 Å². The number of carbonyl (C=O) groups is 1. The number of fused-ring (bicyclic) bond motifs is 2. The predicted molar refractivity (Wildman–Crippen MR) is 154 cm³/mol. The van der Waals surface area contributed by atoms with Crippen molar-refractivity contribution in [1.82, 2.24) is 15.1 Å². The minimum absolute atomic E-state index is 0.0130. The molecule has 3 N–H and O–H groups in total. The maximum atomic E-state index is 13.6. The van der Waals surface area contributed by atoms with Crippen LogP contribution in [0.15, 0.2) is 42.5 Å². The third kappa shape index (κ3) is 3.29. The Kier molecular flexibility index (Phi) is 5.16. The summed E-state index contributed by atoms with van der Waals surface area (Å²) < 4.78 is 6.80. The average Bonchev–Trinajstić information content (AvgIpc) is 3.91. The number of rotatable bonds is 8. The Morgan fingerprint density at radius 2 is 1.78 bits per heavy atom. The standard InChI is InChI=1S/C34H41N3O4/c38-25-11-10-24-16-27-34-13-12-33(40,31-32(34,29(24)30(25)41-31)14-15-36(27)19-22-6-7-22)26(37(34)20-23-8-9-23)17-28(39)35-18-21-4-2-1-3-5-21/h1-5,10-11,22-23,26-27,31,38,40H,6-9,12-20H2,(H,35,39)/t26-,27-,31-,32+,33-,34-/m1/s1. The van der Waals surface area contributed by atoms with E-state index >= 15 is 0 Å². The van der Waals surface area contributed by atoms with Gasteiger partial charge in [0.15, 0.2) is 11.5 Å². The fraction of sp³-hybridized carbons (Fsp3) is 0.618. The molecule has 8 aliphatic rings. The van der Waals surface area contributed by atoms with E-state index in [4.69, 9.17) is 4.74 Å². The van der Waals surface area contributed by atoms with Crippen molar-refractivity contribution in [1.29, 1.82) is 0 Å². The van der Waals surface area contributed by atoms with Gasteiger partial charge < -0.3 is 20.3 Å². The Morgan fingerprint density at radius 1 is 1.00 bits per heavy atom. The molecule has 0 unspecified atom stereocenters. The summed E-state index contributed by atoms with van der Waals surface area (Å²) >= 11 is 0. The van der Waals surface area contributed by atoms with Gasteiger partial charge in [-0.1, -0.05) is 36.4 Å². The van der Waals surface area contributed by atoms with E-state index in [1.807, 2.05) is 30.3 Å². The highest BCUT2D eigenvalue weighted by molar-refractivity contribution is 5.77. The number of ether oxygens (including phenoxy) is 1. The zero-order valence-corrected chi connectivity index (χ0v) is 23.7. The first-order chi connectivity index (χ1) is 19.9. The summed E-state index contributed by atoms with van der Waals surface area (Å²) in [4.78, 5) is 19.1. The summed E-state index contributed by atoms with van der Waals surface area (Å²) in [7, 11) is 0. The Balaban J connectivity index is 1.16. The first kappa shape index (κ1) is 24.9. The molecule has 6 atom stereocenters. The van der Waals surface area contributed by atoms with Gasteiger partial charge in [0.2, 0.25) is 5.91 Å². The lowest BCUT2D eigenvalue weighted by Crippen LogP contribution is -2.91. The molecule has 41 heavy (non-hydrogen) atoms. The number of nitrogens with zero attached hydrogens (tertiary/aromatic N) is 2. The summed E-state index contributed by atoms with van der Waals surface area (Å²) in [6, 6.07) is 14.0. The summed E-state index contributed by atoms with van der Waals surface area (Å²) in [6.07, 6.45) is 8.36. The van der Waals surface area contributed by atoms with E-state index in [0.717, 1.165) is 50.4 Å². The lowest BCUT2D eigenvalue weighted by atomic mass is 9.40. The van der Waals surface area contributed by atoms with E-state index in [2.05, 4.69) is 21.2 Å². The van der Waals surface area contributed by atoms with Crippen LogP contribution in [0.4, 0.5) is 0 Å².